The second-order valence-electron chi connectivity index (χ2n) is 9.05. The number of carbonyl (C=O) groups is 3. The lowest BCUT2D eigenvalue weighted by molar-refractivity contribution is -0.151. The lowest BCUT2D eigenvalue weighted by Gasteiger charge is -2.29. The van der Waals surface area contributed by atoms with E-state index in [1.54, 1.807) is 24.3 Å². The number of benzene rings is 3. The summed E-state index contributed by atoms with van der Waals surface area (Å²) in [5, 5.41) is 12.3. The minimum absolute atomic E-state index is 0.108. The summed E-state index contributed by atoms with van der Waals surface area (Å²) in [7, 11) is 1.47. The molecule has 35 heavy (non-hydrogen) atoms. The first kappa shape index (κ1) is 22.7. The molecule has 1 fully saturated rings. The van der Waals surface area contributed by atoms with E-state index in [-0.39, 0.29) is 12.5 Å². The second-order valence-corrected chi connectivity index (χ2v) is 9.05. The van der Waals surface area contributed by atoms with Crippen molar-refractivity contribution in [3.63, 3.8) is 0 Å². The smallest absolute Gasteiger partial charge is 0.408 e. The lowest BCUT2D eigenvalue weighted by Crippen LogP contribution is -2.50. The number of nitrogens with one attached hydrogen (secondary N) is 1. The third-order valence-electron chi connectivity index (χ3n) is 7.08. The van der Waals surface area contributed by atoms with Crippen LogP contribution in [-0.2, 0) is 14.3 Å². The molecule has 0 spiro atoms. The van der Waals surface area contributed by atoms with Crippen molar-refractivity contribution in [3.8, 4) is 11.1 Å². The molecule has 0 aliphatic heterocycles. The predicted octanol–water partition coefficient (Wildman–Crippen LogP) is 4.34. The zero-order chi connectivity index (χ0) is 24.6. The molecule has 1 atom stereocenters. The number of likely N-dealkylation sites (N-methyl/N-ethyl adjacent to an activating group) is 1. The lowest BCUT2D eigenvalue weighted by atomic mass is 9.98. The van der Waals surface area contributed by atoms with Gasteiger partial charge in [-0.3, -0.25) is 4.79 Å². The minimum Gasteiger partial charge on any atom is -0.479 e. The van der Waals surface area contributed by atoms with Crippen molar-refractivity contribution in [1.29, 1.82) is 0 Å². The molecule has 2 amide bonds. The van der Waals surface area contributed by atoms with Gasteiger partial charge in [0.1, 0.15) is 18.2 Å². The fourth-order valence-corrected chi connectivity index (χ4v) is 4.91. The normalized spacial score (nSPS) is 15.9. The number of hydrogen-bond acceptors (Lipinski definition) is 4. The van der Waals surface area contributed by atoms with E-state index >= 15 is 0 Å². The van der Waals surface area contributed by atoms with Crippen molar-refractivity contribution in [3.05, 3.63) is 95.6 Å². The summed E-state index contributed by atoms with van der Waals surface area (Å²) in [4.78, 5) is 39.3. The SMILES string of the molecule is CN(C(=O)[C@H](NC(=O)OCC1c2ccccc2-c2ccccc21)c1ccccc1)C1(C(=O)O)CC1. The molecule has 0 radical (unpaired) electrons. The summed E-state index contributed by atoms with van der Waals surface area (Å²) in [5.41, 5.74) is 3.77. The predicted molar refractivity (Wildman–Crippen MR) is 130 cm³/mol. The van der Waals surface area contributed by atoms with Crippen LogP contribution in [0.15, 0.2) is 78.9 Å². The van der Waals surface area contributed by atoms with Gasteiger partial charge in [-0.05, 0) is 40.7 Å². The summed E-state index contributed by atoms with van der Waals surface area (Å²) < 4.78 is 5.63. The van der Waals surface area contributed by atoms with Gasteiger partial charge in [-0.15, -0.1) is 0 Å². The van der Waals surface area contributed by atoms with Crippen LogP contribution in [-0.4, -0.2) is 47.2 Å². The van der Waals surface area contributed by atoms with E-state index in [2.05, 4.69) is 17.4 Å². The molecule has 1 saturated carbocycles. The largest absolute Gasteiger partial charge is 0.479 e. The first-order valence-electron chi connectivity index (χ1n) is 11.6. The number of aliphatic carboxylic acids is 1. The Kier molecular flexibility index (Phi) is 5.76. The average Bonchev–Trinajstić information content (AvgIpc) is 3.64. The highest BCUT2D eigenvalue weighted by Gasteiger charge is 2.56. The summed E-state index contributed by atoms with van der Waals surface area (Å²) in [6.45, 7) is 0.116. The third-order valence-corrected chi connectivity index (χ3v) is 7.08. The van der Waals surface area contributed by atoms with E-state index in [4.69, 9.17) is 4.74 Å². The molecule has 5 rings (SSSR count). The zero-order valence-electron chi connectivity index (χ0n) is 19.3. The van der Waals surface area contributed by atoms with Gasteiger partial charge in [0.05, 0.1) is 0 Å². The maximum atomic E-state index is 13.4. The molecule has 178 valence electrons. The number of carbonyl (C=O) groups excluding carboxylic acids is 2. The topological polar surface area (TPSA) is 95.9 Å². The Labute approximate surface area is 203 Å². The number of ether oxygens (including phenoxy) is 1. The van der Waals surface area contributed by atoms with E-state index in [9.17, 15) is 19.5 Å². The number of carboxylic acid groups (broad SMARTS) is 1. The number of nitrogens with zero attached hydrogens (tertiary/aromatic N) is 1. The van der Waals surface area contributed by atoms with Crippen LogP contribution in [0.4, 0.5) is 4.79 Å². The number of amides is 2. The van der Waals surface area contributed by atoms with Gasteiger partial charge < -0.3 is 20.1 Å². The Bertz CT molecular complexity index is 1240. The number of alkyl carbamates (subject to hydrolysis) is 1. The highest BCUT2D eigenvalue weighted by Crippen LogP contribution is 2.45. The fraction of sp³-hybridized carbons (Fsp3) is 0.250. The second kappa shape index (κ2) is 8.91. The molecule has 7 nitrogen and oxygen atoms in total. The number of fused-ring (bicyclic) bond motifs is 3. The van der Waals surface area contributed by atoms with Crippen molar-refractivity contribution in [1.82, 2.24) is 10.2 Å². The van der Waals surface area contributed by atoms with Crippen LogP contribution < -0.4 is 5.32 Å². The first-order valence-corrected chi connectivity index (χ1v) is 11.6. The molecule has 0 unspecified atom stereocenters. The molecule has 2 N–H and O–H groups in total. The molecule has 2 aliphatic rings. The molecule has 0 heterocycles. The van der Waals surface area contributed by atoms with Crippen molar-refractivity contribution in [2.75, 3.05) is 13.7 Å². The van der Waals surface area contributed by atoms with Crippen LogP contribution in [0.5, 0.6) is 0 Å². The minimum atomic E-state index is -1.22. The molecule has 0 bridgehead atoms. The Morgan fingerprint density at radius 1 is 0.943 bits per heavy atom. The maximum Gasteiger partial charge on any atom is 0.408 e. The molecular weight excluding hydrogens is 444 g/mol. The van der Waals surface area contributed by atoms with Crippen LogP contribution in [0.2, 0.25) is 0 Å². The van der Waals surface area contributed by atoms with E-state index in [0.29, 0.717) is 18.4 Å². The van der Waals surface area contributed by atoms with Gasteiger partial charge in [-0.25, -0.2) is 9.59 Å². The first-order chi connectivity index (χ1) is 16.9. The highest BCUT2D eigenvalue weighted by molar-refractivity contribution is 5.93. The third kappa shape index (κ3) is 4.03. The van der Waals surface area contributed by atoms with Gasteiger partial charge in [-0.2, -0.15) is 0 Å². The fourth-order valence-electron chi connectivity index (χ4n) is 4.91. The summed E-state index contributed by atoms with van der Waals surface area (Å²) in [5.74, 6) is -1.64. The van der Waals surface area contributed by atoms with Crippen LogP contribution >= 0.6 is 0 Å². The van der Waals surface area contributed by atoms with E-state index < -0.39 is 29.6 Å². The molecule has 0 saturated heterocycles. The van der Waals surface area contributed by atoms with E-state index in [1.165, 1.54) is 11.9 Å². The van der Waals surface area contributed by atoms with Gasteiger partial charge in [0, 0.05) is 13.0 Å². The quantitative estimate of drug-likeness (QED) is 0.536. The Hall–Kier alpha value is -4.13. The molecule has 7 heteroatoms. The molecule has 0 aromatic heterocycles. The van der Waals surface area contributed by atoms with Crippen molar-refractivity contribution >= 4 is 18.0 Å². The Morgan fingerprint density at radius 3 is 2.03 bits per heavy atom. The Balaban J connectivity index is 1.33. The van der Waals surface area contributed by atoms with E-state index in [1.807, 2.05) is 42.5 Å². The molecule has 3 aromatic carbocycles. The molecule has 2 aliphatic carbocycles. The standard InChI is InChI=1S/C28H26N2O5/c1-30(28(15-16-28)26(32)33)25(31)24(18-9-3-2-4-10-18)29-27(34)35-17-23-21-13-7-5-11-19(21)20-12-6-8-14-22(20)23/h2-14,23-24H,15-17H2,1H3,(H,29,34)(H,32,33)/t24-/m1/s1. The highest BCUT2D eigenvalue weighted by atomic mass is 16.5. The van der Waals surface area contributed by atoms with Gasteiger partial charge >= 0.3 is 12.1 Å². The van der Waals surface area contributed by atoms with Crippen LogP contribution in [0.1, 0.15) is 41.5 Å². The average molecular weight is 471 g/mol. The van der Waals surface area contributed by atoms with Gasteiger partial charge in [0.2, 0.25) is 0 Å². The molecule has 3 aromatic rings. The summed E-state index contributed by atoms with van der Waals surface area (Å²) >= 11 is 0. The number of rotatable bonds is 7. The maximum absolute atomic E-state index is 13.4. The molecular formula is C28H26N2O5. The van der Waals surface area contributed by atoms with Crippen LogP contribution in [0, 0.1) is 0 Å². The van der Waals surface area contributed by atoms with E-state index in [0.717, 1.165) is 22.3 Å². The summed E-state index contributed by atoms with van der Waals surface area (Å²) in [6.07, 6.45) is 0.0382. The number of hydrogen-bond donors (Lipinski definition) is 2. The summed E-state index contributed by atoms with van der Waals surface area (Å²) in [6, 6.07) is 23.8. The zero-order valence-corrected chi connectivity index (χ0v) is 19.3. The van der Waals surface area contributed by atoms with Crippen molar-refractivity contribution in [2.24, 2.45) is 0 Å². The Morgan fingerprint density at radius 2 is 1.49 bits per heavy atom. The number of carboxylic acids is 1. The monoisotopic (exact) mass is 470 g/mol. The van der Waals surface area contributed by atoms with Crippen LogP contribution in [0.3, 0.4) is 0 Å². The van der Waals surface area contributed by atoms with Gasteiger partial charge in [0.15, 0.2) is 0 Å². The van der Waals surface area contributed by atoms with Crippen molar-refractivity contribution in [2.45, 2.75) is 30.3 Å². The van der Waals surface area contributed by atoms with Crippen LogP contribution in [0.25, 0.3) is 11.1 Å². The van der Waals surface area contributed by atoms with Crippen molar-refractivity contribution < 1.29 is 24.2 Å². The van der Waals surface area contributed by atoms with Gasteiger partial charge in [0.25, 0.3) is 5.91 Å². The van der Waals surface area contributed by atoms with Gasteiger partial charge in [-0.1, -0.05) is 78.9 Å².